The maximum absolute atomic E-state index is 4.47. The number of nitrogens with zero attached hydrogens (tertiary/aromatic N) is 2. The molecule has 2 aromatic carbocycles. The first-order valence-corrected chi connectivity index (χ1v) is 9.56. The summed E-state index contributed by atoms with van der Waals surface area (Å²) in [5.74, 6) is 0. The summed E-state index contributed by atoms with van der Waals surface area (Å²) >= 11 is 3.48. The molecular formula is C18H20N2S2. The van der Waals surface area contributed by atoms with Crippen LogP contribution in [0, 0.1) is 0 Å². The third kappa shape index (κ3) is 5.04. The molecule has 0 aromatic heterocycles. The molecule has 0 spiro atoms. The Kier molecular flexibility index (Phi) is 7.26. The van der Waals surface area contributed by atoms with Crippen LogP contribution in [0.2, 0.25) is 0 Å². The molecule has 0 heterocycles. The zero-order valence-electron chi connectivity index (χ0n) is 12.9. The smallest absolute Gasteiger partial charge is 0.0585 e. The van der Waals surface area contributed by atoms with Crippen molar-refractivity contribution in [2.45, 2.75) is 9.79 Å². The molecule has 0 aliphatic carbocycles. The first-order valence-electron chi connectivity index (χ1n) is 7.11. The molecule has 22 heavy (non-hydrogen) atoms. The van der Waals surface area contributed by atoms with E-state index in [0.29, 0.717) is 13.1 Å². The number of aliphatic imine (C=N–C) groups is 2. The van der Waals surface area contributed by atoms with Gasteiger partial charge in [-0.2, -0.15) is 0 Å². The van der Waals surface area contributed by atoms with Crippen molar-refractivity contribution in [1.82, 2.24) is 0 Å². The molecule has 2 aromatic rings. The highest BCUT2D eigenvalue weighted by molar-refractivity contribution is 7.98. The molecule has 0 bridgehead atoms. The Morgan fingerprint density at radius 3 is 1.55 bits per heavy atom. The maximum Gasteiger partial charge on any atom is 0.0585 e. The van der Waals surface area contributed by atoms with Gasteiger partial charge in [-0.15, -0.1) is 23.5 Å². The lowest BCUT2D eigenvalue weighted by Gasteiger charge is -2.01. The van der Waals surface area contributed by atoms with Crippen molar-refractivity contribution in [1.29, 1.82) is 0 Å². The van der Waals surface area contributed by atoms with Crippen molar-refractivity contribution in [2.24, 2.45) is 9.98 Å². The molecule has 0 saturated heterocycles. The Morgan fingerprint density at radius 1 is 0.727 bits per heavy atom. The fraction of sp³-hybridized carbons (Fsp3) is 0.222. The standard InChI is InChI=1S/C18H20N2S2/c1-21-17-9-5-3-7-15(17)13-19-11-12-20-14-16-8-4-6-10-18(16)22-2/h3-10,13-14H,11-12H2,1-2H3. The van der Waals surface area contributed by atoms with E-state index in [-0.39, 0.29) is 0 Å². The number of hydrogen-bond donors (Lipinski definition) is 0. The van der Waals surface area contributed by atoms with Gasteiger partial charge in [0.1, 0.15) is 0 Å². The van der Waals surface area contributed by atoms with Crippen LogP contribution in [0.1, 0.15) is 11.1 Å². The molecule has 0 amide bonds. The van der Waals surface area contributed by atoms with Gasteiger partial charge in [-0.3, -0.25) is 9.98 Å². The maximum atomic E-state index is 4.47. The fourth-order valence-corrected chi connectivity index (χ4v) is 3.13. The highest BCUT2D eigenvalue weighted by Gasteiger charge is 1.96. The van der Waals surface area contributed by atoms with Crippen LogP contribution in [0.3, 0.4) is 0 Å². The Labute approximate surface area is 141 Å². The number of benzene rings is 2. The molecule has 0 aliphatic heterocycles. The van der Waals surface area contributed by atoms with E-state index >= 15 is 0 Å². The zero-order valence-corrected chi connectivity index (χ0v) is 14.5. The number of rotatable bonds is 7. The normalized spacial score (nSPS) is 11.5. The largest absolute Gasteiger partial charge is 0.291 e. The molecule has 2 rings (SSSR count). The van der Waals surface area contributed by atoms with E-state index in [1.54, 1.807) is 23.5 Å². The lowest BCUT2D eigenvalue weighted by molar-refractivity contribution is 0.984. The first-order chi connectivity index (χ1) is 10.8. The average Bonchev–Trinajstić information content (AvgIpc) is 2.58. The average molecular weight is 329 g/mol. The van der Waals surface area contributed by atoms with Crippen molar-refractivity contribution >= 4 is 36.0 Å². The number of thioether (sulfide) groups is 2. The van der Waals surface area contributed by atoms with Crippen LogP contribution in [0.4, 0.5) is 0 Å². The van der Waals surface area contributed by atoms with E-state index in [4.69, 9.17) is 0 Å². The predicted octanol–water partition coefficient (Wildman–Crippen LogP) is 4.67. The van der Waals surface area contributed by atoms with Crippen LogP contribution < -0.4 is 0 Å². The highest BCUT2D eigenvalue weighted by Crippen LogP contribution is 2.18. The monoisotopic (exact) mass is 328 g/mol. The minimum absolute atomic E-state index is 0.709. The van der Waals surface area contributed by atoms with E-state index in [9.17, 15) is 0 Å². The molecule has 0 N–H and O–H groups in total. The van der Waals surface area contributed by atoms with Crippen LogP contribution in [0.25, 0.3) is 0 Å². The first kappa shape index (κ1) is 16.8. The predicted molar refractivity (Wildman–Crippen MR) is 101 cm³/mol. The third-order valence-corrected chi connectivity index (χ3v) is 4.72. The Balaban J connectivity index is 1.86. The molecule has 0 unspecified atom stereocenters. The van der Waals surface area contributed by atoms with Crippen LogP contribution in [0.15, 0.2) is 68.3 Å². The van der Waals surface area contributed by atoms with Crippen molar-refractivity contribution in [2.75, 3.05) is 25.6 Å². The minimum atomic E-state index is 0.709. The SMILES string of the molecule is CSc1ccccc1C=NCCN=Cc1ccccc1SC. The van der Waals surface area contributed by atoms with Gasteiger partial charge >= 0.3 is 0 Å². The molecule has 0 radical (unpaired) electrons. The summed E-state index contributed by atoms with van der Waals surface area (Å²) in [5, 5.41) is 0. The van der Waals surface area contributed by atoms with Gasteiger partial charge in [-0.25, -0.2) is 0 Å². The van der Waals surface area contributed by atoms with Gasteiger partial charge in [0, 0.05) is 33.3 Å². The molecule has 0 saturated carbocycles. The summed E-state index contributed by atoms with van der Waals surface area (Å²) in [5.41, 5.74) is 2.35. The quantitative estimate of drug-likeness (QED) is 0.419. The number of hydrogen-bond acceptors (Lipinski definition) is 4. The lowest BCUT2D eigenvalue weighted by atomic mass is 10.2. The van der Waals surface area contributed by atoms with Crippen molar-refractivity contribution in [3.63, 3.8) is 0 Å². The summed E-state index contributed by atoms with van der Waals surface area (Å²) in [6.07, 6.45) is 8.05. The second-order valence-corrected chi connectivity index (χ2v) is 6.25. The molecule has 114 valence electrons. The summed E-state index contributed by atoms with van der Waals surface area (Å²) in [7, 11) is 0. The van der Waals surface area contributed by atoms with E-state index in [1.165, 1.54) is 20.9 Å². The molecule has 0 fully saturated rings. The van der Waals surface area contributed by atoms with Crippen LogP contribution in [0.5, 0.6) is 0 Å². The fourth-order valence-electron chi connectivity index (χ4n) is 1.99. The van der Waals surface area contributed by atoms with Crippen LogP contribution in [-0.4, -0.2) is 38.0 Å². The molecular weight excluding hydrogens is 308 g/mol. The van der Waals surface area contributed by atoms with Crippen molar-refractivity contribution < 1.29 is 0 Å². The van der Waals surface area contributed by atoms with E-state index in [1.807, 2.05) is 24.6 Å². The van der Waals surface area contributed by atoms with Gasteiger partial charge in [0.15, 0.2) is 0 Å². The summed E-state index contributed by atoms with van der Waals surface area (Å²) in [6.45, 7) is 1.42. The Morgan fingerprint density at radius 2 is 1.14 bits per heavy atom. The third-order valence-electron chi connectivity index (χ3n) is 3.10. The molecule has 4 heteroatoms. The van der Waals surface area contributed by atoms with Gasteiger partial charge in [0.05, 0.1) is 13.1 Å². The second kappa shape index (κ2) is 9.49. The lowest BCUT2D eigenvalue weighted by Crippen LogP contribution is -1.92. The molecule has 0 aliphatic rings. The van der Waals surface area contributed by atoms with Gasteiger partial charge in [-0.05, 0) is 24.6 Å². The molecule has 2 nitrogen and oxygen atoms in total. The van der Waals surface area contributed by atoms with E-state index < -0.39 is 0 Å². The van der Waals surface area contributed by atoms with Gasteiger partial charge in [0.25, 0.3) is 0 Å². The zero-order chi connectivity index (χ0) is 15.6. The van der Waals surface area contributed by atoms with Gasteiger partial charge in [0.2, 0.25) is 0 Å². The summed E-state index contributed by atoms with van der Waals surface area (Å²) < 4.78 is 0. The van der Waals surface area contributed by atoms with Gasteiger partial charge < -0.3 is 0 Å². The second-order valence-electron chi connectivity index (χ2n) is 4.55. The topological polar surface area (TPSA) is 24.7 Å². The highest BCUT2D eigenvalue weighted by atomic mass is 32.2. The van der Waals surface area contributed by atoms with Crippen molar-refractivity contribution in [3.05, 3.63) is 59.7 Å². The Bertz CT molecular complexity index is 594. The van der Waals surface area contributed by atoms with Crippen molar-refractivity contribution in [3.8, 4) is 0 Å². The Hall–Kier alpha value is -1.52. The van der Waals surface area contributed by atoms with Crippen LogP contribution >= 0.6 is 23.5 Å². The van der Waals surface area contributed by atoms with Crippen LogP contribution in [-0.2, 0) is 0 Å². The van der Waals surface area contributed by atoms with E-state index in [2.05, 4.69) is 58.9 Å². The summed E-state index contributed by atoms with van der Waals surface area (Å²) in [6, 6.07) is 16.6. The minimum Gasteiger partial charge on any atom is -0.291 e. The molecule has 0 atom stereocenters. The summed E-state index contributed by atoms with van der Waals surface area (Å²) in [4.78, 5) is 11.4. The van der Waals surface area contributed by atoms with E-state index in [0.717, 1.165) is 0 Å². The van der Waals surface area contributed by atoms with Gasteiger partial charge in [-0.1, -0.05) is 36.4 Å².